The first-order valence-electron chi connectivity index (χ1n) is 4.26. The zero-order valence-corrected chi connectivity index (χ0v) is 9.75. The fraction of sp³-hybridized carbons (Fsp3) is 0.222. The number of anilines is 1. The Labute approximate surface area is 101 Å². The van der Waals surface area contributed by atoms with Crippen LogP contribution in [0.5, 0.6) is 0 Å². The number of hydrogen-bond donors (Lipinski definition) is 1. The van der Waals surface area contributed by atoms with E-state index in [9.17, 15) is 14.9 Å². The first-order chi connectivity index (χ1) is 7.43. The molecule has 0 atom stereocenters. The predicted octanol–water partition coefficient (Wildman–Crippen LogP) is 2.65. The molecule has 1 aromatic carbocycles. The number of hydrogen-bond acceptors (Lipinski definition) is 3. The number of nitro groups is 1. The molecule has 1 aromatic rings. The molecular formula is C9H8Cl2N2O3. The van der Waals surface area contributed by atoms with Gasteiger partial charge in [-0.3, -0.25) is 14.9 Å². The largest absolute Gasteiger partial charge is 0.323 e. The minimum absolute atomic E-state index is 0.0708. The number of rotatable bonds is 3. The summed E-state index contributed by atoms with van der Waals surface area (Å²) in [5.74, 6) is -0.619. The minimum atomic E-state index is -1.21. The second kappa shape index (κ2) is 5.14. The van der Waals surface area contributed by atoms with Crippen molar-refractivity contribution in [1.82, 2.24) is 0 Å². The van der Waals surface area contributed by atoms with E-state index in [1.54, 1.807) is 0 Å². The molecule has 0 fully saturated rings. The number of nitrogens with one attached hydrogen (secondary N) is 1. The van der Waals surface area contributed by atoms with E-state index in [0.717, 1.165) is 0 Å². The summed E-state index contributed by atoms with van der Waals surface area (Å²) in [6.45, 7) is 1.53. The van der Waals surface area contributed by atoms with Crippen molar-refractivity contribution in [1.29, 1.82) is 0 Å². The Hall–Kier alpha value is -1.33. The van der Waals surface area contributed by atoms with Crippen molar-refractivity contribution in [2.75, 3.05) is 5.32 Å². The second-order valence-corrected chi connectivity index (χ2v) is 4.09. The van der Waals surface area contributed by atoms with E-state index in [4.69, 9.17) is 23.2 Å². The molecule has 1 N–H and O–H groups in total. The van der Waals surface area contributed by atoms with Crippen molar-refractivity contribution >= 4 is 40.5 Å². The number of halogens is 2. The van der Waals surface area contributed by atoms with Gasteiger partial charge in [0.15, 0.2) is 4.84 Å². The van der Waals surface area contributed by atoms with Gasteiger partial charge in [-0.2, -0.15) is 0 Å². The first-order valence-corrected chi connectivity index (χ1v) is 5.13. The molecule has 7 heteroatoms. The SMILES string of the molecule is Cc1c(NC(=O)C(Cl)Cl)cccc1[N+](=O)[O-]. The van der Waals surface area contributed by atoms with Gasteiger partial charge in [0.2, 0.25) is 0 Å². The van der Waals surface area contributed by atoms with Crippen molar-refractivity contribution in [3.8, 4) is 0 Å². The molecule has 1 rings (SSSR count). The van der Waals surface area contributed by atoms with E-state index in [1.165, 1.54) is 25.1 Å². The Morgan fingerprint density at radius 3 is 2.62 bits per heavy atom. The summed E-state index contributed by atoms with van der Waals surface area (Å²) < 4.78 is 0. The molecule has 86 valence electrons. The maximum absolute atomic E-state index is 11.2. The smallest absolute Gasteiger partial charge is 0.274 e. The van der Waals surface area contributed by atoms with Crippen LogP contribution in [-0.2, 0) is 4.79 Å². The van der Waals surface area contributed by atoms with Crippen LogP contribution < -0.4 is 5.32 Å². The Kier molecular flexibility index (Phi) is 4.09. The lowest BCUT2D eigenvalue weighted by atomic mass is 10.1. The molecule has 0 aliphatic heterocycles. The lowest BCUT2D eigenvalue weighted by Gasteiger charge is -2.08. The Balaban J connectivity index is 3.02. The molecule has 5 nitrogen and oxygen atoms in total. The molecule has 0 saturated heterocycles. The van der Waals surface area contributed by atoms with E-state index >= 15 is 0 Å². The molecule has 0 heterocycles. The van der Waals surface area contributed by atoms with Gasteiger partial charge in [-0.15, -0.1) is 0 Å². The van der Waals surface area contributed by atoms with E-state index in [0.29, 0.717) is 11.3 Å². The standard InChI is InChI=1S/C9H8Cl2N2O3/c1-5-6(12-9(14)8(10)11)3-2-4-7(5)13(15)16/h2-4,8H,1H3,(H,12,14). The molecule has 0 spiro atoms. The topological polar surface area (TPSA) is 72.2 Å². The molecular weight excluding hydrogens is 255 g/mol. The molecule has 0 aliphatic rings. The first kappa shape index (κ1) is 12.7. The summed E-state index contributed by atoms with van der Waals surface area (Å²) in [6, 6.07) is 4.36. The molecule has 0 radical (unpaired) electrons. The zero-order chi connectivity index (χ0) is 12.3. The fourth-order valence-electron chi connectivity index (χ4n) is 1.14. The highest BCUT2D eigenvalue weighted by Gasteiger charge is 2.17. The summed E-state index contributed by atoms with van der Waals surface area (Å²) >= 11 is 10.7. The van der Waals surface area contributed by atoms with Crippen LogP contribution >= 0.6 is 23.2 Å². The molecule has 16 heavy (non-hydrogen) atoms. The van der Waals surface area contributed by atoms with Crippen LogP contribution in [0.4, 0.5) is 11.4 Å². The van der Waals surface area contributed by atoms with Crippen molar-refractivity contribution in [2.24, 2.45) is 0 Å². The molecule has 0 aliphatic carbocycles. The van der Waals surface area contributed by atoms with Crippen LogP contribution in [0.25, 0.3) is 0 Å². The van der Waals surface area contributed by atoms with Crippen LogP contribution in [0.3, 0.4) is 0 Å². The highest BCUT2D eigenvalue weighted by Crippen LogP contribution is 2.25. The summed E-state index contributed by atoms with van der Waals surface area (Å²) in [6.07, 6.45) is 0. The third-order valence-corrected chi connectivity index (χ3v) is 2.35. The van der Waals surface area contributed by atoms with Crippen LogP contribution in [0.15, 0.2) is 18.2 Å². The van der Waals surface area contributed by atoms with E-state index < -0.39 is 15.7 Å². The van der Waals surface area contributed by atoms with Gasteiger partial charge in [-0.05, 0) is 13.0 Å². The molecule has 0 unspecified atom stereocenters. The van der Waals surface area contributed by atoms with E-state index in [-0.39, 0.29) is 5.69 Å². The molecule has 1 amide bonds. The van der Waals surface area contributed by atoms with Gasteiger partial charge in [-0.1, -0.05) is 29.3 Å². The molecule has 0 bridgehead atoms. The van der Waals surface area contributed by atoms with Crippen LogP contribution in [0, 0.1) is 17.0 Å². The zero-order valence-electron chi connectivity index (χ0n) is 8.24. The van der Waals surface area contributed by atoms with Gasteiger partial charge in [0.25, 0.3) is 11.6 Å². The summed E-state index contributed by atoms with van der Waals surface area (Å²) in [5, 5.41) is 13.0. The van der Waals surface area contributed by atoms with Gasteiger partial charge >= 0.3 is 0 Å². The average Bonchev–Trinajstić information content (AvgIpc) is 2.20. The van der Waals surface area contributed by atoms with Crippen molar-refractivity contribution in [3.05, 3.63) is 33.9 Å². The van der Waals surface area contributed by atoms with Crippen molar-refractivity contribution in [3.63, 3.8) is 0 Å². The summed E-state index contributed by atoms with van der Waals surface area (Å²) in [5.41, 5.74) is 0.610. The molecule has 0 aromatic heterocycles. The van der Waals surface area contributed by atoms with Crippen LogP contribution in [0.1, 0.15) is 5.56 Å². The maximum Gasteiger partial charge on any atom is 0.274 e. The summed E-state index contributed by atoms with van der Waals surface area (Å²) in [7, 11) is 0. The van der Waals surface area contributed by atoms with Crippen LogP contribution in [0.2, 0.25) is 0 Å². The fourth-order valence-corrected chi connectivity index (χ4v) is 1.25. The number of nitro benzene ring substituents is 1. The lowest BCUT2D eigenvalue weighted by Crippen LogP contribution is -2.19. The van der Waals surface area contributed by atoms with Gasteiger partial charge in [-0.25, -0.2) is 0 Å². The van der Waals surface area contributed by atoms with Crippen LogP contribution in [-0.4, -0.2) is 15.7 Å². The number of benzene rings is 1. The van der Waals surface area contributed by atoms with Gasteiger partial charge in [0, 0.05) is 6.07 Å². The number of amides is 1. The number of carbonyl (C=O) groups is 1. The Morgan fingerprint density at radius 2 is 2.12 bits per heavy atom. The lowest BCUT2D eigenvalue weighted by molar-refractivity contribution is -0.385. The van der Waals surface area contributed by atoms with E-state index in [2.05, 4.69) is 5.32 Å². The normalized spacial score (nSPS) is 10.2. The third kappa shape index (κ3) is 2.84. The number of carbonyl (C=O) groups excluding carboxylic acids is 1. The Bertz CT molecular complexity index is 435. The number of nitrogens with zero attached hydrogens (tertiary/aromatic N) is 1. The Morgan fingerprint density at radius 1 is 1.50 bits per heavy atom. The average molecular weight is 263 g/mol. The molecule has 0 saturated carbocycles. The van der Waals surface area contributed by atoms with Gasteiger partial charge < -0.3 is 5.32 Å². The number of alkyl halides is 2. The quantitative estimate of drug-likeness (QED) is 0.517. The van der Waals surface area contributed by atoms with E-state index in [1.807, 2.05) is 0 Å². The summed E-state index contributed by atoms with van der Waals surface area (Å²) in [4.78, 5) is 20.1. The van der Waals surface area contributed by atoms with Crippen molar-refractivity contribution < 1.29 is 9.72 Å². The highest BCUT2D eigenvalue weighted by molar-refractivity contribution is 6.54. The predicted molar refractivity (Wildman–Crippen MR) is 62.0 cm³/mol. The minimum Gasteiger partial charge on any atom is -0.323 e. The third-order valence-electron chi connectivity index (χ3n) is 1.96. The monoisotopic (exact) mass is 262 g/mol. The van der Waals surface area contributed by atoms with Gasteiger partial charge in [0.1, 0.15) is 0 Å². The second-order valence-electron chi connectivity index (χ2n) is 3.00. The van der Waals surface area contributed by atoms with Gasteiger partial charge in [0.05, 0.1) is 16.2 Å². The maximum atomic E-state index is 11.2. The van der Waals surface area contributed by atoms with Crippen molar-refractivity contribution in [2.45, 2.75) is 11.8 Å². The highest BCUT2D eigenvalue weighted by atomic mass is 35.5.